The van der Waals surface area contributed by atoms with E-state index in [1.807, 2.05) is 0 Å². The lowest BCUT2D eigenvalue weighted by atomic mass is 9.53. The number of fused-ring (bicyclic) bond motifs is 4. The molecule has 2 N–H and O–H groups in total. The highest BCUT2D eigenvalue weighted by atomic mass is 16.6. The maximum atomic E-state index is 13.5. The Morgan fingerprint density at radius 1 is 1.28 bits per heavy atom. The number of carbonyl (C=O) groups is 4. The van der Waals surface area contributed by atoms with Gasteiger partial charge < -0.3 is 24.4 Å². The number of aliphatic hydroxyl groups excluding tert-OH is 2. The lowest BCUT2D eigenvalue weighted by Crippen LogP contribution is -2.56. The minimum Gasteiger partial charge on any atom is -0.515 e. The lowest BCUT2D eigenvalue weighted by molar-refractivity contribution is -0.160. The Bertz CT molecular complexity index is 1030. The molecule has 3 aliphatic carbocycles. The number of ketones is 2. The number of hydrogen-bond acceptors (Lipinski definition) is 9. The number of aliphatic hydroxyl groups is 2. The maximum Gasteiger partial charge on any atom is 0.342 e. The number of carbonyl (C=O) groups excluding carboxylic acids is 4. The van der Waals surface area contributed by atoms with Gasteiger partial charge in [0.2, 0.25) is 5.78 Å². The first-order chi connectivity index (χ1) is 15.0. The van der Waals surface area contributed by atoms with Crippen molar-refractivity contribution in [2.75, 3.05) is 13.7 Å². The Labute approximate surface area is 184 Å². The lowest BCUT2D eigenvalue weighted by Gasteiger charge is -2.53. The summed E-state index contributed by atoms with van der Waals surface area (Å²) in [5, 5.41) is 20.8. The monoisotopic (exact) mass is 446 g/mol. The van der Waals surface area contributed by atoms with Gasteiger partial charge in [-0.05, 0) is 18.9 Å². The molecule has 0 radical (unpaired) electrons. The largest absolute Gasteiger partial charge is 0.515 e. The molecule has 0 aromatic heterocycles. The highest BCUT2D eigenvalue weighted by molar-refractivity contribution is 6.13. The van der Waals surface area contributed by atoms with E-state index in [4.69, 9.17) is 14.2 Å². The summed E-state index contributed by atoms with van der Waals surface area (Å²) in [7, 11) is 1.41. The van der Waals surface area contributed by atoms with E-state index in [0.717, 1.165) is 0 Å². The predicted molar refractivity (Wildman–Crippen MR) is 108 cm³/mol. The Kier molecular flexibility index (Phi) is 5.08. The van der Waals surface area contributed by atoms with E-state index in [9.17, 15) is 29.4 Å². The molecule has 5 atom stereocenters. The summed E-state index contributed by atoms with van der Waals surface area (Å²) in [6.07, 6.45) is -0.580. The minimum atomic E-state index is -1.33. The number of esters is 2. The second-order valence-corrected chi connectivity index (χ2v) is 9.21. The summed E-state index contributed by atoms with van der Waals surface area (Å²) in [4.78, 5) is 50.9. The van der Waals surface area contributed by atoms with Gasteiger partial charge in [0.1, 0.15) is 23.6 Å². The van der Waals surface area contributed by atoms with Crippen molar-refractivity contribution in [2.24, 2.45) is 16.7 Å². The fourth-order valence-electron chi connectivity index (χ4n) is 6.08. The van der Waals surface area contributed by atoms with E-state index in [1.165, 1.54) is 14.0 Å². The van der Waals surface area contributed by atoms with Crippen molar-refractivity contribution < 1.29 is 43.6 Å². The van der Waals surface area contributed by atoms with Gasteiger partial charge in [-0.1, -0.05) is 6.92 Å². The second-order valence-electron chi connectivity index (χ2n) is 9.21. The average molecular weight is 446 g/mol. The van der Waals surface area contributed by atoms with Crippen LogP contribution in [0, 0.1) is 16.7 Å². The number of hydrogen-bond donors (Lipinski definition) is 2. The van der Waals surface area contributed by atoms with Crippen LogP contribution in [-0.4, -0.2) is 59.6 Å². The Morgan fingerprint density at radius 2 is 1.97 bits per heavy atom. The van der Waals surface area contributed by atoms with Crippen molar-refractivity contribution in [3.63, 3.8) is 0 Å². The molecule has 172 valence electrons. The van der Waals surface area contributed by atoms with Crippen LogP contribution in [0.2, 0.25) is 0 Å². The highest BCUT2D eigenvalue weighted by Gasteiger charge is 2.64. The van der Waals surface area contributed by atoms with E-state index in [0.29, 0.717) is 18.3 Å². The minimum absolute atomic E-state index is 0.0297. The Balaban J connectivity index is 2.04. The van der Waals surface area contributed by atoms with Crippen LogP contribution in [0.4, 0.5) is 0 Å². The quantitative estimate of drug-likeness (QED) is 0.379. The molecular formula is C23H26O9. The van der Waals surface area contributed by atoms with Crippen LogP contribution in [0.15, 0.2) is 34.3 Å². The van der Waals surface area contributed by atoms with Crippen LogP contribution < -0.4 is 0 Å². The van der Waals surface area contributed by atoms with Crippen molar-refractivity contribution in [2.45, 2.75) is 52.2 Å². The summed E-state index contributed by atoms with van der Waals surface area (Å²) in [5.74, 6) is -3.44. The van der Waals surface area contributed by atoms with Crippen LogP contribution in [0.25, 0.3) is 0 Å². The predicted octanol–water partition coefficient (Wildman–Crippen LogP) is 2.02. The van der Waals surface area contributed by atoms with Gasteiger partial charge in [-0.25, -0.2) is 4.79 Å². The molecule has 32 heavy (non-hydrogen) atoms. The molecule has 0 aromatic rings. The second kappa shape index (κ2) is 7.30. The van der Waals surface area contributed by atoms with Gasteiger partial charge in [0.15, 0.2) is 5.76 Å². The first-order valence-corrected chi connectivity index (χ1v) is 10.5. The number of cyclic esters (lactones) is 1. The number of ether oxygens (including phenoxy) is 3. The van der Waals surface area contributed by atoms with Crippen molar-refractivity contribution in [3.8, 4) is 0 Å². The number of allylic oxidation sites excluding steroid dienone is 1. The highest BCUT2D eigenvalue weighted by Crippen LogP contribution is 2.62. The molecule has 0 aromatic carbocycles. The molecule has 1 aliphatic heterocycles. The fourth-order valence-corrected chi connectivity index (χ4v) is 6.08. The molecule has 9 heteroatoms. The topological polar surface area (TPSA) is 136 Å². The van der Waals surface area contributed by atoms with Crippen molar-refractivity contribution >= 4 is 23.5 Å². The smallest absolute Gasteiger partial charge is 0.342 e. The van der Waals surface area contributed by atoms with Gasteiger partial charge >= 0.3 is 11.9 Å². The van der Waals surface area contributed by atoms with Gasteiger partial charge in [0.05, 0.1) is 18.3 Å². The van der Waals surface area contributed by atoms with Gasteiger partial charge in [-0.3, -0.25) is 14.4 Å². The van der Waals surface area contributed by atoms with Crippen LogP contribution in [0.5, 0.6) is 0 Å². The van der Waals surface area contributed by atoms with Crippen molar-refractivity contribution in [1.82, 2.24) is 0 Å². The average Bonchev–Trinajstić information content (AvgIpc) is 3.01. The normalized spacial score (nSPS) is 37.8. The van der Waals surface area contributed by atoms with E-state index in [2.05, 4.69) is 0 Å². The third kappa shape index (κ3) is 2.73. The van der Waals surface area contributed by atoms with Gasteiger partial charge in [-0.15, -0.1) is 0 Å². The number of rotatable bonds is 3. The van der Waals surface area contributed by atoms with Crippen LogP contribution in [-0.2, 0) is 33.4 Å². The number of methoxy groups -OCH3 is 1. The zero-order valence-electron chi connectivity index (χ0n) is 18.4. The molecular weight excluding hydrogens is 420 g/mol. The third-order valence-electron chi connectivity index (χ3n) is 7.55. The summed E-state index contributed by atoms with van der Waals surface area (Å²) >= 11 is 0. The summed E-state index contributed by atoms with van der Waals surface area (Å²) < 4.78 is 16.5. The maximum absolute atomic E-state index is 13.5. The van der Waals surface area contributed by atoms with Crippen LogP contribution in [0.3, 0.4) is 0 Å². The van der Waals surface area contributed by atoms with E-state index in [-0.39, 0.29) is 42.0 Å². The zero-order valence-corrected chi connectivity index (χ0v) is 18.4. The summed E-state index contributed by atoms with van der Waals surface area (Å²) in [5.41, 5.74) is -2.10. The zero-order chi connectivity index (χ0) is 23.6. The molecule has 2 fully saturated rings. The molecule has 4 rings (SSSR count). The van der Waals surface area contributed by atoms with E-state index in [1.54, 1.807) is 13.8 Å². The first-order valence-electron chi connectivity index (χ1n) is 10.5. The molecule has 9 nitrogen and oxygen atoms in total. The molecule has 0 amide bonds. The Hall–Kier alpha value is -2.94. The van der Waals surface area contributed by atoms with Crippen molar-refractivity contribution in [1.29, 1.82) is 0 Å². The molecule has 1 saturated carbocycles. The van der Waals surface area contributed by atoms with E-state index < -0.39 is 52.4 Å². The SMILES string of the molecule is COC[C@@H]1OC(=O)/C(=C\O)C2=C(O)C(=O)C3=C([C@@H](OC(C)=O)C[C@@]4(C)C(=O)CC[C@H]34)[C@@]21C. The molecule has 0 spiro atoms. The van der Waals surface area contributed by atoms with Crippen LogP contribution >= 0.6 is 0 Å². The van der Waals surface area contributed by atoms with Crippen molar-refractivity contribution in [3.05, 3.63) is 34.3 Å². The van der Waals surface area contributed by atoms with Gasteiger partial charge in [0, 0.05) is 49.4 Å². The number of Topliss-reactive ketones (excluding diaryl/α,β-unsaturated/α-hetero) is 2. The van der Waals surface area contributed by atoms with Gasteiger partial charge in [0.25, 0.3) is 0 Å². The first kappa shape index (κ1) is 22.3. The molecule has 1 saturated heterocycles. The summed E-state index contributed by atoms with van der Waals surface area (Å²) in [6, 6.07) is 0. The molecule has 0 unspecified atom stereocenters. The summed E-state index contributed by atoms with van der Waals surface area (Å²) in [6.45, 7) is 4.58. The standard InChI is InChI=1S/C23H26O9/c1-10(25)31-13-7-22(2)12(5-6-14(22)26)16-18(13)23(3)15(9-30-4)32-21(29)11(8-24)17(23)20(28)19(16)27/h8,12-13,15,24,28H,5-7,9H2,1-4H3/b11-8-/t12-,13+,15+,22-,23-/m1/s1. The third-order valence-corrected chi connectivity index (χ3v) is 7.55. The molecule has 0 bridgehead atoms. The Morgan fingerprint density at radius 3 is 2.56 bits per heavy atom. The van der Waals surface area contributed by atoms with Gasteiger partial charge in [-0.2, -0.15) is 0 Å². The molecule has 4 aliphatic rings. The fraction of sp³-hybridized carbons (Fsp3) is 0.565. The van der Waals surface area contributed by atoms with Crippen LogP contribution in [0.1, 0.15) is 40.0 Å². The van der Waals surface area contributed by atoms with E-state index >= 15 is 0 Å². The molecule has 1 heterocycles.